The first-order chi connectivity index (χ1) is 28.2. The van der Waals surface area contributed by atoms with Crippen LogP contribution in [0.15, 0.2) is 73.1 Å². The van der Waals surface area contributed by atoms with E-state index in [9.17, 15) is 24.3 Å². The molecule has 2 aliphatic rings. The number of carbonyl (C=O) groups excluding carboxylic acids is 3. The van der Waals surface area contributed by atoms with E-state index in [2.05, 4.69) is 69.1 Å². The number of aromatic amines is 2. The molecule has 4 amide bonds. The third-order valence-corrected chi connectivity index (χ3v) is 11.9. The number of methoxy groups -OCH3 is 1. The Labute approximate surface area is 344 Å². The maximum absolute atomic E-state index is 13.8. The van der Waals surface area contributed by atoms with Crippen LogP contribution in [0.5, 0.6) is 0 Å². The Balaban J connectivity index is 1.04. The van der Waals surface area contributed by atoms with Crippen LogP contribution in [0, 0.1) is 11.8 Å². The molecule has 14 heteroatoms. The van der Waals surface area contributed by atoms with Crippen molar-refractivity contribution in [2.24, 2.45) is 11.8 Å². The highest BCUT2D eigenvalue weighted by Gasteiger charge is 2.42. The molecular weight excluding hydrogens is 749 g/mol. The maximum atomic E-state index is 13.8. The molecule has 0 bridgehead atoms. The Bertz CT molecular complexity index is 2330. The van der Waals surface area contributed by atoms with Crippen LogP contribution in [0.1, 0.15) is 91.0 Å². The molecule has 4 heterocycles. The first-order valence-electron chi connectivity index (χ1n) is 20.5. The van der Waals surface area contributed by atoms with Gasteiger partial charge in [0.1, 0.15) is 23.7 Å². The number of hydrogen-bond acceptors (Lipinski definition) is 7. The highest BCUT2D eigenvalue weighted by molar-refractivity contribution is 5.91. The van der Waals surface area contributed by atoms with Crippen LogP contribution in [-0.4, -0.2) is 90.1 Å². The van der Waals surface area contributed by atoms with E-state index in [1.165, 1.54) is 7.11 Å². The number of carboxylic acid groups (broad SMARTS) is 1. The zero-order valence-corrected chi connectivity index (χ0v) is 34.7. The molecule has 6 atom stereocenters. The molecule has 59 heavy (non-hydrogen) atoms. The Morgan fingerprint density at radius 1 is 0.661 bits per heavy atom. The van der Waals surface area contributed by atoms with E-state index in [-0.39, 0.29) is 47.8 Å². The van der Waals surface area contributed by atoms with Crippen molar-refractivity contribution in [1.82, 2.24) is 40.4 Å². The number of nitrogens with zero attached hydrogens (tertiary/aromatic N) is 4. The molecule has 0 radical (unpaired) electrons. The van der Waals surface area contributed by atoms with Gasteiger partial charge in [0.2, 0.25) is 11.8 Å². The largest absolute Gasteiger partial charge is 0.465 e. The zero-order chi connectivity index (χ0) is 42.1. The number of benzene rings is 3. The standard InChI is InChI=1S/C45H54N8O6/c1-24(2)38(50-44(56)57)42(54)52-26(5)8-18-36(52)40-46-22-34(48-40)29-12-10-28(11-13-29)30-14-15-32-21-33(17-16-31(32)20-30)35-23-47-41(49-35)37-19-9-27(6)53(37)43(55)39(25(3)4)51-45(58)59-7/h10-17,20-27,36-39,50H,8-9,18-19H2,1-7H3,(H,46,48)(H,47,49)(H,51,58)(H,56,57)/t26-,27?,36+,37?,38+,39-/m1/s1. The van der Waals surface area contributed by atoms with E-state index < -0.39 is 24.3 Å². The van der Waals surface area contributed by atoms with Gasteiger partial charge in [0.15, 0.2) is 0 Å². The number of aromatic nitrogens is 4. The van der Waals surface area contributed by atoms with E-state index in [1.807, 2.05) is 71.0 Å². The zero-order valence-electron chi connectivity index (χ0n) is 34.7. The van der Waals surface area contributed by atoms with E-state index in [0.29, 0.717) is 5.82 Å². The minimum atomic E-state index is -1.21. The number of carbonyl (C=O) groups is 4. The molecule has 2 fully saturated rings. The van der Waals surface area contributed by atoms with Crippen molar-refractivity contribution in [3.63, 3.8) is 0 Å². The number of H-pyrrole nitrogens is 2. The number of alkyl carbamates (subject to hydrolysis) is 1. The highest BCUT2D eigenvalue weighted by Crippen LogP contribution is 2.39. The SMILES string of the molecule is COC(=O)N[C@@H](C(=O)N1C(C)CCC1c1nc(-c2ccc3cc(-c4ccc(-c5c[nH]c([C@@H]6CC[C@@H](C)N6C(=O)[C@@H](NC(=O)O)C(C)C)n5)cc4)ccc3c2)c[nH]1)C(C)C. The van der Waals surface area contributed by atoms with Gasteiger partial charge >= 0.3 is 12.2 Å². The average molecular weight is 803 g/mol. The van der Waals surface area contributed by atoms with E-state index >= 15 is 0 Å². The van der Waals surface area contributed by atoms with Gasteiger partial charge < -0.3 is 40.2 Å². The van der Waals surface area contributed by atoms with Gasteiger partial charge in [-0.1, -0.05) is 76.2 Å². The van der Waals surface area contributed by atoms with Crippen molar-refractivity contribution in [1.29, 1.82) is 0 Å². The third-order valence-electron chi connectivity index (χ3n) is 11.9. The van der Waals surface area contributed by atoms with Crippen molar-refractivity contribution >= 4 is 34.8 Å². The number of fused-ring (bicyclic) bond motifs is 1. The highest BCUT2D eigenvalue weighted by atomic mass is 16.5. The lowest BCUT2D eigenvalue weighted by atomic mass is 9.98. The summed E-state index contributed by atoms with van der Waals surface area (Å²) in [5, 5.41) is 16.7. The number of likely N-dealkylation sites (tertiary alicyclic amines) is 2. The first kappa shape index (κ1) is 41.0. The number of imidazole rings is 2. The number of hydrogen-bond donors (Lipinski definition) is 5. The lowest BCUT2D eigenvalue weighted by Crippen LogP contribution is -2.52. The van der Waals surface area contributed by atoms with Gasteiger partial charge in [-0.2, -0.15) is 0 Å². The van der Waals surface area contributed by atoms with Gasteiger partial charge in [0.05, 0.1) is 30.6 Å². The molecule has 14 nitrogen and oxygen atoms in total. The second-order valence-corrected chi connectivity index (χ2v) is 16.6. The molecule has 5 aromatic rings. The fourth-order valence-electron chi connectivity index (χ4n) is 8.64. The van der Waals surface area contributed by atoms with E-state index in [4.69, 9.17) is 14.7 Å². The molecule has 310 valence electrons. The van der Waals surface area contributed by atoms with Crippen LogP contribution < -0.4 is 10.6 Å². The van der Waals surface area contributed by atoms with Crippen molar-refractivity contribution < 1.29 is 29.0 Å². The molecule has 2 aromatic heterocycles. The van der Waals surface area contributed by atoms with Gasteiger partial charge in [-0.05, 0) is 85.4 Å². The topological polar surface area (TPSA) is 186 Å². The third kappa shape index (κ3) is 8.39. The predicted molar refractivity (Wildman–Crippen MR) is 225 cm³/mol. The van der Waals surface area contributed by atoms with Gasteiger partial charge in [-0.3, -0.25) is 9.59 Å². The summed E-state index contributed by atoms with van der Waals surface area (Å²) < 4.78 is 4.79. The Hall–Kier alpha value is -6.18. The minimum Gasteiger partial charge on any atom is -0.465 e. The monoisotopic (exact) mass is 802 g/mol. The Morgan fingerprint density at radius 3 is 1.59 bits per heavy atom. The van der Waals surface area contributed by atoms with Crippen LogP contribution >= 0.6 is 0 Å². The van der Waals surface area contributed by atoms with Crippen LogP contribution in [0.2, 0.25) is 0 Å². The first-order valence-corrected chi connectivity index (χ1v) is 20.5. The molecule has 0 spiro atoms. The lowest BCUT2D eigenvalue weighted by Gasteiger charge is -2.32. The summed E-state index contributed by atoms with van der Waals surface area (Å²) in [6, 6.07) is 18.8. The van der Waals surface area contributed by atoms with Gasteiger partial charge in [0.25, 0.3) is 0 Å². The molecule has 2 aliphatic heterocycles. The summed E-state index contributed by atoms with van der Waals surface area (Å²) in [5.41, 5.74) is 5.60. The number of rotatable bonds is 11. The average Bonchev–Trinajstić information content (AvgIpc) is 4.05. The summed E-state index contributed by atoms with van der Waals surface area (Å²) >= 11 is 0. The van der Waals surface area contributed by atoms with Crippen molar-refractivity contribution in [2.75, 3.05) is 7.11 Å². The number of nitrogens with one attached hydrogen (secondary N) is 4. The minimum absolute atomic E-state index is 0.00328. The second kappa shape index (κ2) is 17.0. The van der Waals surface area contributed by atoms with Gasteiger partial charge in [-0.15, -0.1) is 0 Å². The maximum Gasteiger partial charge on any atom is 0.407 e. The molecule has 2 saturated heterocycles. The Kier molecular flexibility index (Phi) is 11.8. The second-order valence-electron chi connectivity index (χ2n) is 16.6. The van der Waals surface area contributed by atoms with Crippen LogP contribution in [0.4, 0.5) is 9.59 Å². The van der Waals surface area contributed by atoms with Crippen molar-refractivity contribution in [2.45, 2.75) is 103 Å². The van der Waals surface area contributed by atoms with Gasteiger partial charge in [0, 0.05) is 35.6 Å². The van der Waals surface area contributed by atoms with Crippen LogP contribution in [0.3, 0.4) is 0 Å². The quantitative estimate of drug-likeness (QED) is 0.0888. The van der Waals surface area contributed by atoms with Crippen LogP contribution in [-0.2, 0) is 14.3 Å². The van der Waals surface area contributed by atoms with Crippen LogP contribution in [0.25, 0.3) is 44.4 Å². The van der Waals surface area contributed by atoms with Crippen molar-refractivity contribution in [3.8, 4) is 33.6 Å². The summed E-state index contributed by atoms with van der Waals surface area (Å²) in [6.07, 6.45) is 5.04. The lowest BCUT2D eigenvalue weighted by molar-refractivity contribution is -0.138. The van der Waals surface area contributed by atoms with E-state index in [1.54, 1.807) is 4.90 Å². The fraction of sp³-hybridized carbons (Fsp3) is 0.422. The normalized spacial score (nSPS) is 20.3. The van der Waals surface area contributed by atoms with E-state index in [0.717, 1.165) is 75.9 Å². The van der Waals surface area contributed by atoms with Gasteiger partial charge in [-0.25, -0.2) is 19.6 Å². The summed E-state index contributed by atoms with van der Waals surface area (Å²) in [6.45, 7) is 11.5. The smallest absolute Gasteiger partial charge is 0.407 e. The molecule has 7 rings (SSSR count). The molecule has 0 saturated carbocycles. The summed E-state index contributed by atoms with van der Waals surface area (Å²) in [7, 11) is 1.29. The Morgan fingerprint density at radius 2 is 1.10 bits per heavy atom. The molecule has 5 N–H and O–H groups in total. The molecule has 3 aromatic carbocycles. The number of ether oxygens (including phenoxy) is 1. The summed E-state index contributed by atoms with van der Waals surface area (Å²) in [5.74, 6) is 0.717. The van der Waals surface area contributed by atoms with Crippen molar-refractivity contribution in [3.05, 3.63) is 84.7 Å². The predicted octanol–water partition coefficient (Wildman–Crippen LogP) is 8.06. The number of amides is 4. The molecule has 0 aliphatic carbocycles. The molecule has 2 unspecified atom stereocenters. The fourth-order valence-corrected chi connectivity index (χ4v) is 8.64. The summed E-state index contributed by atoms with van der Waals surface area (Å²) in [4.78, 5) is 71.1. The molecular formula is C45H54N8O6.